The summed E-state index contributed by atoms with van der Waals surface area (Å²) in [4.78, 5) is 0. The minimum absolute atomic E-state index is 0.528. The molecule has 42 valence electrons. The first-order valence-corrected chi connectivity index (χ1v) is 2.71. The van der Waals surface area contributed by atoms with Crippen LogP contribution in [-0.4, -0.2) is 13.1 Å². The lowest BCUT2D eigenvalue weighted by Gasteiger charge is -1.89. The fourth-order valence-corrected chi connectivity index (χ4v) is 0.427. The topological polar surface area (TPSA) is 47.6 Å². The summed E-state index contributed by atoms with van der Waals surface area (Å²) in [5.41, 5.74) is 13.4. The van der Waals surface area contributed by atoms with Gasteiger partial charge in [-0.1, -0.05) is 6.42 Å². The van der Waals surface area contributed by atoms with Crippen LogP contribution in [0.15, 0.2) is 0 Å². The van der Waals surface area contributed by atoms with Crippen LogP contribution in [0.25, 0.3) is 0 Å². The summed E-state index contributed by atoms with van der Waals surface area (Å²) in [6, 6.07) is 0. The molecule has 0 heterocycles. The highest BCUT2D eigenvalue weighted by Gasteiger charge is 1.81. The molecule has 0 spiro atoms. The van der Waals surface area contributed by atoms with Gasteiger partial charge in [0.25, 0.3) is 0 Å². The Kier molecular flexibility index (Phi) is 5.85. The van der Waals surface area contributed by atoms with Gasteiger partial charge in [-0.15, -0.1) is 0 Å². The lowest BCUT2D eigenvalue weighted by Crippen LogP contribution is -1.88. The molecule has 0 saturated heterocycles. The number of rotatable bonds is 4. The van der Waals surface area contributed by atoms with Crippen molar-refractivity contribution in [2.24, 2.45) is 0 Å². The van der Waals surface area contributed by atoms with Crippen LogP contribution >= 0.6 is 0 Å². The van der Waals surface area contributed by atoms with Gasteiger partial charge in [0.1, 0.15) is 0 Å². The van der Waals surface area contributed by atoms with E-state index in [0.717, 1.165) is 19.3 Å². The maximum Gasteiger partial charge on any atom is 0.00997 e. The van der Waals surface area contributed by atoms with Crippen molar-refractivity contribution in [1.82, 2.24) is 11.5 Å². The summed E-state index contributed by atoms with van der Waals surface area (Å²) in [5, 5.41) is 0. The van der Waals surface area contributed by atoms with E-state index in [0.29, 0.717) is 13.1 Å². The standard InChI is InChI=1S/C5H12N2/c6-4-2-1-3-5-7/h6-7H,1-5H2. The zero-order valence-electron chi connectivity index (χ0n) is 4.54. The van der Waals surface area contributed by atoms with Crippen molar-refractivity contribution in [3.63, 3.8) is 0 Å². The lowest BCUT2D eigenvalue weighted by molar-refractivity contribution is 0.683. The second-order valence-corrected chi connectivity index (χ2v) is 1.56. The summed E-state index contributed by atoms with van der Waals surface area (Å²) in [6.45, 7) is 1.06. The van der Waals surface area contributed by atoms with Crippen LogP contribution in [0, 0.1) is 0 Å². The van der Waals surface area contributed by atoms with Gasteiger partial charge in [0, 0.05) is 13.1 Å². The number of unbranched alkanes of at least 4 members (excludes halogenated alkanes) is 2. The van der Waals surface area contributed by atoms with Gasteiger partial charge in [0.2, 0.25) is 0 Å². The van der Waals surface area contributed by atoms with E-state index >= 15 is 0 Å². The SMILES string of the molecule is [NH]CCCCC[NH]. The maximum atomic E-state index is 6.72. The molecule has 0 aliphatic carbocycles. The molecule has 0 fully saturated rings. The molecule has 0 aliphatic heterocycles. The van der Waals surface area contributed by atoms with E-state index in [1.165, 1.54) is 0 Å². The summed E-state index contributed by atoms with van der Waals surface area (Å²) in [5.74, 6) is 0. The highest BCUT2D eigenvalue weighted by atomic mass is 14.5. The molecule has 7 heavy (non-hydrogen) atoms. The molecule has 0 rings (SSSR count). The zero-order valence-corrected chi connectivity index (χ0v) is 4.54. The van der Waals surface area contributed by atoms with E-state index in [1.807, 2.05) is 0 Å². The van der Waals surface area contributed by atoms with Gasteiger partial charge in [-0.2, -0.15) is 0 Å². The Morgan fingerprint density at radius 2 is 1.14 bits per heavy atom. The van der Waals surface area contributed by atoms with Crippen molar-refractivity contribution in [3.05, 3.63) is 0 Å². The molecule has 0 amide bonds. The third-order valence-electron chi connectivity index (χ3n) is 0.854. The summed E-state index contributed by atoms with van der Waals surface area (Å²) < 4.78 is 0. The molecule has 2 N–H and O–H groups in total. The fraction of sp³-hybridized carbons (Fsp3) is 1.00. The Morgan fingerprint density at radius 3 is 1.43 bits per heavy atom. The van der Waals surface area contributed by atoms with Crippen molar-refractivity contribution in [2.45, 2.75) is 19.3 Å². The Morgan fingerprint density at radius 1 is 0.714 bits per heavy atom. The second-order valence-electron chi connectivity index (χ2n) is 1.56. The largest absolute Gasteiger partial charge is 0.258 e. The fourth-order valence-electron chi connectivity index (χ4n) is 0.427. The molecule has 2 nitrogen and oxygen atoms in total. The van der Waals surface area contributed by atoms with Crippen LogP contribution in [0.3, 0.4) is 0 Å². The van der Waals surface area contributed by atoms with Crippen molar-refractivity contribution < 1.29 is 0 Å². The quantitative estimate of drug-likeness (QED) is 0.467. The van der Waals surface area contributed by atoms with Gasteiger partial charge in [0.05, 0.1) is 0 Å². The van der Waals surface area contributed by atoms with Gasteiger partial charge < -0.3 is 0 Å². The van der Waals surface area contributed by atoms with E-state index in [-0.39, 0.29) is 0 Å². The molecule has 0 unspecified atom stereocenters. The normalized spacial score (nSPS) is 9.43. The van der Waals surface area contributed by atoms with Gasteiger partial charge in [-0.05, 0) is 12.8 Å². The van der Waals surface area contributed by atoms with E-state index in [9.17, 15) is 0 Å². The molecule has 0 saturated carbocycles. The van der Waals surface area contributed by atoms with E-state index in [2.05, 4.69) is 0 Å². The molecule has 0 aromatic heterocycles. The summed E-state index contributed by atoms with van der Waals surface area (Å²) in [7, 11) is 0. The first-order chi connectivity index (χ1) is 3.41. The third kappa shape index (κ3) is 5.92. The van der Waals surface area contributed by atoms with Crippen molar-refractivity contribution in [3.8, 4) is 0 Å². The molecule has 0 aromatic rings. The minimum atomic E-state index is 0.528. The lowest BCUT2D eigenvalue weighted by atomic mass is 10.2. The van der Waals surface area contributed by atoms with Crippen LogP contribution in [0.2, 0.25) is 0 Å². The predicted octanol–water partition coefficient (Wildman–Crippen LogP) is 0.722. The van der Waals surface area contributed by atoms with Gasteiger partial charge in [-0.25, -0.2) is 0 Å². The molecule has 2 heteroatoms. The second kappa shape index (κ2) is 5.92. The monoisotopic (exact) mass is 100 g/mol. The third-order valence-corrected chi connectivity index (χ3v) is 0.854. The van der Waals surface area contributed by atoms with Crippen molar-refractivity contribution in [1.29, 1.82) is 0 Å². The van der Waals surface area contributed by atoms with Crippen LogP contribution in [0.1, 0.15) is 19.3 Å². The first-order valence-electron chi connectivity index (χ1n) is 2.71. The summed E-state index contributed by atoms with van der Waals surface area (Å²) >= 11 is 0. The predicted molar refractivity (Wildman–Crippen MR) is 29.8 cm³/mol. The zero-order chi connectivity index (χ0) is 5.54. The Hall–Kier alpha value is -0.0800. The van der Waals surface area contributed by atoms with Gasteiger partial charge in [0.15, 0.2) is 0 Å². The molecule has 2 radical (unpaired) electrons. The number of nitrogens with one attached hydrogen (secondary N) is 2. The van der Waals surface area contributed by atoms with E-state index in [1.54, 1.807) is 0 Å². The van der Waals surface area contributed by atoms with E-state index < -0.39 is 0 Å². The Bertz CT molecular complexity index is 25.3. The highest BCUT2D eigenvalue weighted by molar-refractivity contribution is 4.40. The van der Waals surface area contributed by atoms with Gasteiger partial charge >= 0.3 is 0 Å². The van der Waals surface area contributed by atoms with Crippen LogP contribution in [0.4, 0.5) is 0 Å². The Balaban J connectivity index is 2.45. The smallest absolute Gasteiger partial charge is 0.00997 e. The average Bonchev–Trinajstić information content (AvgIpc) is 1.69. The highest BCUT2D eigenvalue weighted by Crippen LogP contribution is 1.89. The molecular formula is C5H12N2. The minimum Gasteiger partial charge on any atom is -0.258 e. The average molecular weight is 100 g/mol. The van der Waals surface area contributed by atoms with Crippen LogP contribution < -0.4 is 11.5 Å². The molecule has 0 bridgehead atoms. The van der Waals surface area contributed by atoms with Crippen molar-refractivity contribution >= 4 is 0 Å². The summed E-state index contributed by atoms with van der Waals surface area (Å²) in [6.07, 6.45) is 3.00. The van der Waals surface area contributed by atoms with Crippen LogP contribution in [0.5, 0.6) is 0 Å². The first kappa shape index (κ1) is 6.92. The van der Waals surface area contributed by atoms with Gasteiger partial charge in [-0.3, -0.25) is 11.5 Å². The molecular weight excluding hydrogens is 88.1 g/mol. The number of hydrogen-bond acceptors (Lipinski definition) is 0. The maximum absolute atomic E-state index is 6.72. The van der Waals surface area contributed by atoms with E-state index in [4.69, 9.17) is 11.5 Å². The van der Waals surface area contributed by atoms with Crippen LogP contribution in [-0.2, 0) is 0 Å². The van der Waals surface area contributed by atoms with Crippen molar-refractivity contribution in [2.75, 3.05) is 13.1 Å². The molecule has 0 atom stereocenters. The number of hydrogen-bond donors (Lipinski definition) is 0. The molecule has 0 aliphatic rings. The molecule has 0 aromatic carbocycles. The Labute approximate surface area is 44.9 Å².